The van der Waals surface area contributed by atoms with Crippen molar-refractivity contribution in [1.29, 1.82) is 0 Å². The first-order valence-corrected chi connectivity index (χ1v) is 14.3. The van der Waals surface area contributed by atoms with Crippen LogP contribution >= 0.6 is 0 Å². The van der Waals surface area contributed by atoms with Gasteiger partial charge in [-0.3, -0.25) is 4.79 Å². The first kappa shape index (κ1) is 22.3. The fourth-order valence-corrected chi connectivity index (χ4v) is 5.15. The van der Waals surface area contributed by atoms with Crippen molar-refractivity contribution < 1.29 is 27.6 Å². The van der Waals surface area contributed by atoms with Crippen LogP contribution in [0.2, 0.25) is 19.6 Å². The van der Waals surface area contributed by atoms with Gasteiger partial charge in [-0.25, -0.2) is 13.9 Å². The molecule has 0 aromatic heterocycles. The van der Waals surface area contributed by atoms with Crippen molar-refractivity contribution in [3.63, 3.8) is 0 Å². The van der Waals surface area contributed by atoms with E-state index in [0.717, 1.165) is 9.87 Å². The highest BCUT2D eigenvalue weighted by Crippen LogP contribution is 2.31. The number of phenolic OH excluding ortho intramolecular Hbond substituents is 1. The number of ether oxygens (including phenoxy) is 1. The summed E-state index contributed by atoms with van der Waals surface area (Å²) < 4.78 is 38.6. The number of rotatable bonds is 6. The molecule has 162 valence electrons. The van der Waals surface area contributed by atoms with Crippen molar-refractivity contribution in [1.82, 2.24) is 9.79 Å². The third-order valence-electron chi connectivity index (χ3n) is 4.70. The van der Waals surface area contributed by atoms with Crippen molar-refractivity contribution in [3.8, 4) is 11.5 Å². The number of nitrogens with zero attached hydrogens (tertiary/aromatic N) is 1. The highest BCUT2D eigenvalue weighted by molar-refractivity contribution is 7.89. The van der Waals surface area contributed by atoms with Crippen LogP contribution in [0.4, 0.5) is 0 Å². The molecule has 1 atom stereocenters. The molecule has 2 aromatic carbocycles. The van der Waals surface area contributed by atoms with Crippen LogP contribution in [-0.4, -0.2) is 45.2 Å². The summed E-state index contributed by atoms with van der Waals surface area (Å²) in [5, 5.41) is 9.82. The average molecular weight is 451 g/mol. The molecule has 0 aliphatic carbocycles. The van der Waals surface area contributed by atoms with Gasteiger partial charge in [-0.15, -0.1) is 0 Å². The van der Waals surface area contributed by atoms with Crippen LogP contribution in [0, 0.1) is 0 Å². The Morgan fingerprint density at radius 1 is 1.13 bits per heavy atom. The van der Waals surface area contributed by atoms with Gasteiger partial charge in [0.05, 0.1) is 12.0 Å². The normalized spacial score (nSPS) is 17.3. The molecule has 0 saturated carbocycles. The van der Waals surface area contributed by atoms with Crippen molar-refractivity contribution in [2.45, 2.75) is 43.5 Å². The predicted molar refractivity (Wildman–Crippen MR) is 114 cm³/mol. The SMILES string of the molecule is COc1ccc(S(=O)(=O)N2Cc3cc(O)ccc3C[C@@H]2C(=O)NO[Si](C)(C)C)cc1. The Bertz CT molecular complexity index is 1030. The van der Waals surface area contributed by atoms with Gasteiger partial charge >= 0.3 is 0 Å². The van der Waals surface area contributed by atoms with E-state index in [4.69, 9.17) is 9.26 Å². The molecule has 0 radical (unpaired) electrons. The number of amides is 1. The molecule has 0 unspecified atom stereocenters. The van der Waals surface area contributed by atoms with Gasteiger partial charge in [0.25, 0.3) is 5.91 Å². The fourth-order valence-electron chi connectivity index (χ4n) is 3.18. The van der Waals surface area contributed by atoms with E-state index < -0.39 is 30.3 Å². The van der Waals surface area contributed by atoms with Gasteiger partial charge in [-0.1, -0.05) is 6.07 Å². The van der Waals surface area contributed by atoms with Crippen LogP contribution in [0.1, 0.15) is 11.1 Å². The molecule has 8 nitrogen and oxygen atoms in total. The summed E-state index contributed by atoms with van der Waals surface area (Å²) >= 11 is 0. The number of hydrogen-bond acceptors (Lipinski definition) is 6. The second kappa shape index (κ2) is 8.38. The van der Waals surface area contributed by atoms with Crippen molar-refractivity contribution in [3.05, 3.63) is 53.6 Å². The molecule has 1 amide bonds. The lowest BCUT2D eigenvalue weighted by Gasteiger charge is -2.35. The highest BCUT2D eigenvalue weighted by atomic mass is 32.2. The van der Waals surface area contributed by atoms with E-state index in [2.05, 4.69) is 5.48 Å². The van der Waals surface area contributed by atoms with Gasteiger partial charge in [0.1, 0.15) is 17.5 Å². The Hall–Kier alpha value is -2.40. The Balaban J connectivity index is 1.98. The van der Waals surface area contributed by atoms with E-state index in [1.807, 2.05) is 19.6 Å². The number of aromatic hydroxyl groups is 1. The highest BCUT2D eigenvalue weighted by Gasteiger charge is 2.40. The van der Waals surface area contributed by atoms with Gasteiger partial charge in [0.2, 0.25) is 18.3 Å². The second-order valence-corrected chi connectivity index (χ2v) is 14.4. The maximum absolute atomic E-state index is 13.4. The molecule has 2 N–H and O–H groups in total. The number of hydroxylamine groups is 1. The van der Waals surface area contributed by atoms with Gasteiger partial charge < -0.3 is 14.4 Å². The van der Waals surface area contributed by atoms with Crippen molar-refractivity contribution in [2.24, 2.45) is 0 Å². The number of phenols is 1. The van der Waals surface area contributed by atoms with Gasteiger partial charge in [0.15, 0.2) is 0 Å². The summed E-state index contributed by atoms with van der Waals surface area (Å²) in [6.45, 7) is 5.71. The fraction of sp³-hybridized carbons (Fsp3) is 0.350. The van der Waals surface area contributed by atoms with E-state index in [-0.39, 0.29) is 23.6 Å². The third kappa shape index (κ3) is 4.83. The zero-order valence-electron chi connectivity index (χ0n) is 17.4. The molecule has 0 spiro atoms. The topological polar surface area (TPSA) is 105 Å². The molecule has 2 aromatic rings. The van der Waals surface area contributed by atoms with Crippen LogP contribution in [0.5, 0.6) is 11.5 Å². The Labute approximate surface area is 177 Å². The zero-order valence-corrected chi connectivity index (χ0v) is 19.2. The summed E-state index contributed by atoms with van der Waals surface area (Å²) in [5.74, 6) is 0.0504. The van der Waals surface area contributed by atoms with Crippen LogP contribution in [0.25, 0.3) is 0 Å². The number of hydrogen-bond donors (Lipinski definition) is 2. The molecule has 0 bridgehead atoms. The quantitative estimate of drug-likeness (QED) is 0.517. The van der Waals surface area contributed by atoms with Crippen LogP contribution < -0.4 is 10.2 Å². The van der Waals surface area contributed by atoms with Gasteiger partial charge in [0, 0.05) is 6.54 Å². The summed E-state index contributed by atoms with van der Waals surface area (Å²) in [6.07, 6.45) is 0.173. The smallest absolute Gasteiger partial charge is 0.261 e. The maximum Gasteiger partial charge on any atom is 0.261 e. The summed E-state index contributed by atoms with van der Waals surface area (Å²) in [5.41, 5.74) is 3.92. The molecule has 30 heavy (non-hydrogen) atoms. The second-order valence-electron chi connectivity index (χ2n) is 8.08. The predicted octanol–water partition coefficient (Wildman–Crippen LogP) is 2.40. The van der Waals surface area contributed by atoms with Crippen LogP contribution in [-0.2, 0) is 32.3 Å². The van der Waals surface area contributed by atoms with Crippen molar-refractivity contribution >= 4 is 24.2 Å². The molecule has 10 heteroatoms. The van der Waals surface area contributed by atoms with Crippen molar-refractivity contribution in [2.75, 3.05) is 7.11 Å². The molecule has 1 aliphatic rings. The first-order valence-electron chi connectivity index (χ1n) is 9.46. The molecule has 1 aliphatic heterocycles. The van der Waals surface area contributed by atoms with Gasteiger partial charge in [-0.05, 0) is 73.6 Å². The van der Waals surface area contributed by atoms with E-state index in [1.165, 1.54) is 31.4 Å². The van der Waals surface area contributed by atoms with Crippen LogP contribution in [0.15, 0.2) is 47.4 Å². The molecular weight excluding hydrogens is 424 g/mol. The molecule has 1 heterocycles. The lowest BCUT2D eigenvalue weighted by atomic mass is 9.95. The standard InChI is InChI=1S/C20H26N2O6SSi/c1-27-17-7-9-18(10-8-17)29(25,26)22-13-15-11-16(23)6-5-14(15)12-19(22)20(24)21-28-30(2,3)4/h5-11,19,23H,12-13H2,1-4H3,(H,21,24)/t19-/m1/s1. The first-order chi connectivity index (χ1) is 14.0. The Morgan fingerprint density at radius 2 is 1.80 bits per heavy atom. The summed E-state index contributed by atoms with van der Waals surface area (Å²) in [4.78, 5) is 13.0. The Kier molecular flexibility index (Phi) is 6.23. The molecule has 3 rings (SSSR count). The van der Waals surface area contributed by atoms with E-state index >= 15 is 0 Å². The van der Waals surface area contributed by atoms with E-state index in [1.54, 1.807) is 18.2 Å². The Morgan fingerprint density at radius 3 is 2.40 bits per heavy atom. The molecule has 0 saturated heterocycles. The minimum atomic E-state index is -4.00. The number of benzene rings is 2. The van der Waals surface area contributed by atoms with E-state index in [9.17, 15) is 18.3 Å². The lowest BCUT2D eigenvalue weighted by molar-refractivity contribution is -0.132. The van der Waals surface area contributed by atoms with E-state index in [0.29, 0.717) is 11.3 Å². The van der Waals surface area contributed by atoms with Gasteiger partial charge in [-0.2, -0.15) is 4.31 Å². The number of methoxy groups -OCH3 is 1. The monoisotopic (exact) mass is 450 g/mol. The summed E-state index contributed by atoms with van der Waals surface area (Å²) in [6, 6.07) is 9.78. The minimum absolute atomic E-state index is 0.0386. The number of carbonyl (C=O) groups excluding carboxylic acids is 1. The third-order valence-corrected chi connectivity index (χ3v) is 7.29. The summed E-state index contributed by atoms with van der Waals surface area (Å²) in [7, 11) is -4.55. The zero-order chi connectivity index (χ0) is 22.1. The number of nitrogens with one attached hydrogen (secondary N) is 1. The molecule has 0 fully saturated rings. The lowest BCUT2D eigenvalue weighted by Crippen LogP contribution is -2.53. The van der Waals surface area contributed by atoms with Crippen LogP contribution in [0.3, 0.4) is 0 Å². The number of carbonyl (C=O) groups is 1. The number of sulfonamides is 1. The number of fused-ring (bicyclic) bond motifs is 1. The molecular formula is C20H26N2O6SSi. The average Bonchev–Trinajstić information content (AvgIpc) is 2.70. The minimum Gasteiger partial charge on any atom is -0.508 e. The largest absolute Gasteiger partial charge is 0.508 e. The maximum atomic E-state index is 13.4.